The molecule has 2 aromatic rings. The van der Waals surface area contributed by atoms with Crippen LogP contribution in [0.3, 0.4) is 0 Å². The molecule has 2 N–H and O–H groups in total. The Balaban J connectivity index is 1.46. The summed E-state index contributed by atoms with van der Waals surface area (Å²) in [5, 5.41) is 13.9. The Kier molecular flexibility index (Phi) is 7.36. The minimum absolute atomic E-state index is 0.0356. The van der Waals surface area contributed by atoms with E-state index in [1.807, 2.05) is 31.2 Å². The minimum atomic E-state index is -3.84. The van der Waals surface area contributed by atoms with Crippen molar-refractivity contribution in [2.45, 2.75) is 30.8 Å². The summed E-state index contributed by atoms with van der Waals surface area (Å²) in [7, 11) is -3.84. The van der Waals surface area contributed by atoms with Gasteiger partial charge in [0.2, 0.25) is 0 Å². The van der Waals surface area contributed by atoms with E-state index in [1.165, 1.54) is 12.1 Å². The fraction of sp³-hybridized carbons (Fsp3) is 0.455. The molecule has 2 aromatic carbocycles. The molecular weight excluding hydrogens is 404 g/mol. The lowest BCUT2D eigenvalue weighted by Gasteiger charge is -2.29. The molecule has 1 atom stereocenters. The van der Waals surface area contributed by atoms with Gasteiger partial charge in [-0.25, -0.2) is 0 Å². The van der Waals surface area contributed by atoms with Gasteiger partial charge >= 0.3 is 0 Å². The summed E-state index contributed by atoms with van der Waals surface area (Å²) in [4.78, 5) is 2.41. The second-order valence-electron chi connectivity index (χ2n) is 7.86. The molecule has 0 radical (unpaired) electrons. The molecule has 0 bridgehead atoms. The maximum Gasteiger partial charge on any atom is 0.296 e. The van der Waals surface area contributed by atoms with E-state index >= 15 is 0 Å². The van der Waals surface area contributed by atoms with Gasteiger partial charge in [0.1, 0.15) is 12.4 Å². The maximum atomic E-state index is 12.2. The number of hydrogen-bond acceptors (Lipinski definition) is 7. The third-order valence-electron chi connectivity index (χ3n) is 5.06. The Hall–Kier alpha value is -2.13. The number of rotatable bonds is 9. The van der Waals surface area contributed by atoms with Crippen molar-refractivity contribution in [3.05, 3.63) is 54.1 Å². The van der Waals surface area contributed by atoms with E-state index in [2.05, 4.69) is 10.2 Å². The molecule has 1 aliphatic heterocycles. The fourth-order valence-corrected chi connectivity index (χ4v) is 4.04. The van der Waals surface area contributed by atoms with Crippen LogP contribution < -0.4 is 15.0 Å². The molecule has 0 aliphatic carbocycles. The highest BCUT2D eigenvalue weighted by molar-refractivity contribution is 7.86. The summed E-state index contributed by atoms with van der Waals surface area (Å²) >= 11 is 0. The molecule has 8 heteroatoms. The number of nitrogens with zero attached hydrogens (tertiary/aromatic N) is 1. The van der Waals surface area contributed by atoms with Crippen molar-refractivity contribution in [2.24, 2.45) is 0 Å². The van der Waals surface area contributed by atoms with Crippen molar-refractivity contribution in [3.63, 3.8) is 0 Å². The lowest BCUT2D eigenvalue weighted by atomic mass is 10.1. The first-order valence-corrected chi connectivity index (χ1v) is 11.5. The average Bonchev–Trinajstić information content (AvgIpc) is 2.73. The number of anilines is 1. The quantitative estimate of drug-likeness (QED) is 0.586. The van der Waals surface area contributed by atoms with E-state index in [9.17, 15) is 13.5 Å². The monoisotopic (exact) mass is 434 g/mol. The first-order chi connectivity index (χ1) is 14.3. The summed E-state index contributed by atoms with van der Waals surface area (Å²) in [6.07, 6.45) is 0.122. The zero-order valence-corrected chi connectivity index (χ0v) is 18.3. The number of hydrogen-bond donors (Lipinski definition) is 2. The van der Waals surface area contributed by atoms with Gasteiger partial charge in [-0.3, -0.25) is 4.18 Å². The number of nitrogens with one attached hydrogen (secondary N) is 1. The van der Waals surface area contributed by atoms with Crippen LogP contribution in [0.25, 0.3) is 0 Å². The molecule has 3 rings (SSSR count). The molecule has 0 spiro atoms. The molecule has 1 unspecified atom stereocenters. The summed E-state index contributed by atoms with van der Waals surface area (Å²) < 4.78 is 35.2. The van der Waals surface area contributed by atoms with Gasteiger partial charge in [-0.2, -0.15) is 8.42 Å². The second kappa shape index (κ2) is 9.78. The van der Waals surface area contributed by atoms with Crippen LogP contribution in [-0.2, 0) is 14.3 Å². The molecule has 1 heterocycles. The van der Waals surface area contributed by atoms with Gasteiger partial charge in [0.15, 0.2) is 0 Å². The minimum Gasteiger partial charge on any atom is -0.491 e. The van der Waals surface area contributed by atoms with Gasteiger partial charge in [-0.05, 0) is 50.2 Å². The molecular formula is C22H30N2O5S. The Morgan fingerprint density at radius 2 is 1.70 bits per heavy atom. The van der Waals surface area contributed by atoms with Crippen molar-refractivity contribution >= 4 is 15.8 Å². The van der Waals surface area contributed by atoms with Crippen LogP contribution in [-0.4, -0.2) is 58.5 Å². The molecule has 1 fully saturated rings. The molecule has 30 heavy (non-hydrogen) atoms. The molecule has 0 aromatic heterocycles. The number of aliphatic hydroxyl groups is 1. The number of benzene rings is 2. The standard InChI is InChI=1S/C22H30N2O5S/c1-18-3-9-21(10-4-18)30(26,27)29-16-11-22(2,25)17-28-20-7-5-19(6-8-20)24-14-12-23-13-15-24/h3-10,23,25H,11-17H2,1-2H3. The summed E-state index contributed by atoms with van der Waals surface area (Å²) in [5.74, 6) is 0.655. The number of ether oxygens (including phenoxy) is 1. The van der Waals surface area contributed by atoms with Crippen molar-refractivity contribution in [1.29, 1.82) is 0 Å². The third kappa shape index (κ3) is 6.43. The first-order valence-electron chi connectivity index (χ1n) is 10.1. The molecule has 1 aliphatic rings. The topological polar surface area (TPSA) is 88.1 Å². The lowest BCUT2D eigenvalue weighted by molar-refractivity contribution is -0.00454. The van der Waals surface area contributed by atoms with Gasteiger partial charge in [0, 0.05) is 38.3 Å². The van der Waals surface area contributed by atoms with E-state index in [0.29, 0.717) is 5.75 Å². The predicted octanol–water partition coefficient (Wildman–Crippen LogP) is 2.33. The van der Waals surface area contributed by atoms with Crippen LogP contribution in [0, 0.1) is 6.92 Å². The summed E-state index contributed by atoms with van der Waals surface area (Å²) in [6, 6.07) is 14.2. The van der Waals surface area contributed by atoms with E-state index in [4.69, 9.17) is 8.92 Å². The largest absolute Gasteiger partial charge is 0.491 e. The molecule has 164 valence electrons. The average molecular weight is 435 g/mol. The summed E-state index contributed by atoms with van der Waals surface area (Å²) in [5.41, 5.74) is 0.889. The third-order valence-corrected chi connectivity index (χ3v) is 6.38. The normalized spacial score (nSPS) is 16.8. The Labute approximate surface area is 178 Å². The SMILES string of the molecule is Cc1ccc(S(=O)(=O)OCCC(C)(O)COc2ccc(N3CCNCC3)cc2)cc1. The van der Waals surface area contributed by atoms with Crippen molar-refractivity contribution in [3.8, 4) is 5.75 Å². The van der Waals surface area contributed by atoms with Crippen LogP contribution in [0.4, 0.5) is 5.69 Å². The van der Waals surface area contributed by atoms with Crippen molar-refractivity contribution in [1.82, 2.24) is 5.32 Å². The Morgan fingerprint density at radius 3 is 2.33 bits per heavy atom. The van der Waals surface area contributed by atoms with E-state index < -0.39 is 15.7 Å². The van der Waals surface area contributed by atoms with Crippen LogP contribution in [0.2, 0.25) is 0 Å². The predicted molar refractivity (Wildman–Crippen MR) is 117 cm³/mol. The fourth-order valence-electron chi connectivity index (χ4n) is 3.13. The number of piperazine rings is 1. The van der Waals surface area contributed by atoms with E-state index in [-0.39, 0.29) is 24.5 Å². The Bertz CT molecular complexity index is 906. The molecule has 0 amide bonds. The maximum absolute atomic E-state index is 12.2. The van der Waals surface area contributed by atoms with Crippen LogP contribution in [0.1, 0.15) is 18.9 Å². The van der Waals surface area contributed by atoms with Crippen molar-refractivity contribution in [2.75, 3.05) is 44.3 Å². The van der Waals surface area contributed by atoms with Gasteiger partial charge in [-0.1, -0.05) is 17.7 Å². The zero-order valence-electron chi connectivity index (χ0n) is 17.5. The van der Waals surface area contributed by atoms with E-state index in [0.717, 1.165) is 37.4 Å². The highest BCUT2D eigenvalue weighted by Crippen LogP contribution is 2.22. The lowest BCUT2D eigenvalue weighted by Crippen LogP contribution is -2.43. The molecule has 7 nitrogen and oxygen atoms in total. The van der Waals surface area contributed by atoms with Gasteiger partial charge in [-0.15, -0.1) is 0 Å². The van der Waals surface area contributed by atoms with Crippen molar-refractivity contribution < 1.29 is 22.4 Å². The first kappa shape index (κ1) is 22.6. The van der Waals surface area contributed by atoms with Crippen LogP contribution in [0.5, 0.6) is 5.75 Å². The highest BCUT2D eigenvalue weighted by atomic mass is 32.2. The van der Waals surface area contributed by atoms with Crippen LogP contribution >= 0.6 is 0 Å². The van der Waals surface area contributed by atoms with E-state index in [1.54, 1.807) is 19.1 Å². The molecule has 0 saturated carbocycles. The van der Waals surface area contributed by atoms with Crippen LogP contribution in [0.15, 0.2) is 53.4 Å². The highest BCUT2D eigenvalue weighted by Gasteiger charge is 2.24. The van der Waals surface area contributed by atoms with Gasteiger partial charge in [0.05, 0.1) is 17.1 Å². The van der Waals surface area contributed by atoms with Gasteiger partial charge < -0.3 is 20.1 Å². The van der Waals surface area contributed by atoms with Gasteiger partial charge in [0.25, 0.3) is 10.1 Å². The summed E-state index contributed by atoms with van der Waals surface area (Å²) in [6.45, 7) is 7.28. The smallest absolute Gasteiger partial charge is 0.296 e. The second-order valence-corrected chi connectivity index (χ2v) is 9.47. The zero-order chi connectivity index (χ0) is 21.6. The Morgan fingerprint density at radius 1 is 1.07 bits per heavy atom. The number of aryl methyl sites for hydroxylation is 1. The molecule has 1 saturated heterocycles.